The number of carbonyl (C=O) groups is 1. The summed E-state index contributed by atoms with van der Waals surface area (Å²) in [5.41, 5.74) is 5.14. The lowest BCUT2D eigenvalue weighted by Crippen LogP contribution is -2.30. The largest absolute Gasteiger partial charge is 0.438 e. The molecule has 0 spiro atoms. The second kappa shape index (κ2) is 8.96. The number of nitrogens with two attached hydrogens (primary N) is 1. The molecule has 1 amide bonds. The lowest BCUT2D eigenvalue weighted by molar-refractivity contribution is -0.141. The lowest BCUT2D eigenvalue weighted by atomic mass is 10.2. The molecule has 13 heteroatoms. The first-order valence-electron chi connectivity index (χ1n) is 9.75. The Kier molecular flexibility index (Phi) is 6.07. The van der Waals surface area contributed by atoms with Gasteiger partial charge in [-0.1, -0.05) is 0 Å². The molecule has 0 bridgehead atoms. The second-order valence-electron chi connectivity index (χ2n) is 7.10. The van der Waals surface area contributed by atoms with Crippen LogP contribution in [-0.4, -0.2) is 43.8 Å². The fourth-order valence-corrected chi connectivity index (χ4v) is 3.05. The molecule has 172 valence electrons. The van der Waals surface area contributed by atoms with Crippen LogP contribution >= 0.6 is 0 Å². The smallest absolute Gasteiger partial charge is 0.435 e. The van der Waals surface area contributed by atoms with Gasteiger partial charge < -0.3 is 26.2 Å². The van der Waals surface area contributed by atoms with Crippen molar-refractivity contribution in [2.75, 3.05) is 11.9 Å². The standard InChI is InChI=1S/C20H18F3N7O3/c21-20(22,23)14-5-6-16(30-29-14)33-11-3-1-10(2-4-11)18-27-13(17(24)31)9-15(28-18)26-12-7-8-25-19(12)32/h1-6,9,12,17,31H,7-8,24H2,(H,25,32)(H,26,27,28). The number of aromatic nitrogens is 4. The highest BCUT2D eigenvalue weighted by atomic mass is 19.4. The SMILES string of the molecule is NC(O)c1cc(NC2CCNC2=O)nc(-c2ccc(Oc3ccc(C(F)(F)F)nn3)cc2)n1. The van der Waals surface area contributed by atoms with E-state index in [0.717, 1.165) is 12.1 Å². The van der Waals surface area contributed by atoms with Crippen LogP contribution in [0.5, 0.6) is 11.6 Å². The number of hydrogen-bond acceptors (Lipinski definition) is 9. The highest BCUT2D eigenvalue weighted by molar-refractivity contribution is 5.86. The van der Waals surface area contributed by atoms with Gasteiger partial charge in [-0.3, -0.25) is 4.79 Å². The van der Waals surface area contributed by atoms with Crippen molar-refractivity contribution in [3.8, 4) is 23.0 Å². The number of nitrogens with one attached hydrogen (secondary N) is 2. The van der Waals surface area contributed by atoms with Gasteiger partial charge in [-0.15, -0.1) is 10.2 Å². The molecule has 2 atom stereocenters. The van der Waals surface area contributed by atoms with Crippen molar-refractivity contribution >= 4 is 11.7 Å². The molecule has 2 aromatic heterocycles. The van der Waals surface area contributed by atoms with Crippen LogP contribution in [0.15, 0.2) is 42.5 Å². The van der Waals surface area contributed by atoms with Crippen LogP contribution in [0.3, 0.4) is 0 Å². The number of hydrogen-bond donors (Lipinski definition) is 4. The summed E-state index contributed by atoms with van der Waals surface area (Å²) >= 11 is 0. The van der Waals surface area contributed by atoms with Crippen LogP contribution in [0.25, 0.3) is 11.4 Å². The number of anilines is 1. The van der Waals surface area contributed by atoms with Gasteiger partial charge in [0, 0.05) is 24.2 Å². The average Bonchev–Trinajstić information content (AvgIpc) is 3.18. The van der Waals surface area contributed by atoms with Crippen molar-refractivity contribution in [1.29, 1.82) is 0 Å². The summed E-state index contributed by atoms with van der Waals surface area (Å²) in [4.78, 5) is 20.5. The maximum atomic E-state index is 12.6. The fraction of sp³-hybridized carbons (Fsp3) is 0.250. The van der Waals surface area contributed by atoms with Crippen molar-refractivity contribution in [1.82, 2.24) is 25.5 Å². The lowest BCUT2D eigenvalue weighted by Gasteiger charge is -2.14. The summed E-state index contributed by atoms with van der Waals surface area (Å²) < 4.78 is 43.2. The van der Waals surface area contributed by atoms with Gasteiger partial charge >= 0.3 is 6.18 Å². The van der Waals surface area contributed by atoms with Gasteiger partial charge in [-0.2, -0.15) is 13.2 Å². The van der Waals surface area contributed by atoms with E-state index in [9.17, 15) is 23.1 Å². The van der Waals surface area contributed by atoms with E-state index in [1.54, 1.807) is 24.3 Å². The van der Waals surface area contributed by atoms with Gasteiger partial charge in [0.2, 0.25) is 11.8 Å². The van der Waals surface area contributed by atoms with Gasteiger partial charge in [0.1, 0.15) is 23.8 Å². The molecule has 3 heterocycles. The van der Waals surface area contributed by atoms with Crippen molar-refractivity contribution in [2.45, 2.75) is 24.9 Å². The third kappa shape index (κ3) is 5.32. The molecule has 0 aliphatic carbocycles. The fourth-order valence-electron chi connectivity index (χ4n) is 3.05. The maximum absolute atomic E-state index is 12.6. The van der Waals surface area contributed by atoms with Crippen molar-refractivity contribution in [3.05, 3.63) is 53.9 Å². The number of amides is 1. The van der Waals surface area contributed by atoms with Crippen LogP contribution in [0.2, 0.25) is 0 Å². The van der Waals surface area contributed by atoms with Crippen LogP contribution in [0.4, 0.5) is 19.0 Å². The Bertz CT molecular complexity index is 1140. The minimum atomic E-state index is -4.59. The summed E-state index contributed by atoms with van der Waals surface area (Å²) in [5, 5.41) is 22.0. The number of benzene rings is 1. The minimum Gasteiger partial charge on any atom is -0.438 e. The van der Waals surface area contributed by atoms with E-state index < -0.39 is 24.1 Å². The highest BCUT2D eigenvalue weighted by Gasteiger charge is 2.33. The predicted molar refractivity (Wildman–Crippen MR) is 109 cm³/mol. The summed E-state index contributed by atoms with van der Waals surface area (Å²) in [6.45, 7) is 0.547. The molecule has 33 heavy (non-hydrogen) atoms. The van der Waals surface area contributed by atoms with Gasteiger partial charge in [0.25, 0.3) is 0 Å². The zero-order valence-electron chi connectivity index (χ0n) is 16.9. The number of halogens is 3. The number of rotatable bonds is 6. The van der Waals surface area contributed by atoms with Crippen LogP contribution < -0.4 is 21.1 Å². The van der Waals surface area contributed by atoms with Crippen LogP contribution in [0.1, 0.15) is 24.0 Å². The minimum absolute atomic E-state index is 0.110. The molecular formula is C20H18F3N7O3. The molecule has 1 aliphatic heterocycles. The molecule has 4 rings (SSSR count). The molecule has 1 aromatic carbocycles. The molecule has 2 unspecified atom stereocenters. The summed E-state index contributed by atoms with van der Waals surface area (Å²) in [5.74, 6) is 0.587. The average molecular weight is 461 g/mol. The molecule has 1 saturated heterocycles. The molecular weight excluding hydrogens is 443 g/mol. The first-order chi connectivity index (χ1) is 15.7. The van der Waals surface area contributed by atoms with E-state index >= 15 is 0 Å². The van der Waals surface area contributed by atoms with E-state index in [-0.39, 0.29) is 23.3 Å². The second-order valence-corrected chi connectivity index (χ2v) is 7.10. The third-order valence-corrected chi connectivity index (χ3v) is 4.69. The Hall–Kier alpha value is -3.84. The van der Waals surface area contributed by atoms with Gasteiger partial charge in [0.15, 0.2) is 11.5 Å². The number of alkyl halides is 3. The Morgan fingerprint density at radius 2 is 1.91 bits per heavy atom. The maximum Gasteiger partial charge on any atom is 0.435 e. The molecule has 0 saturated carbocycles. The van der Waals surface area contributed by atoms with E-state index in [1.165, 1.54) is 6.07 Å². The van der Waals surface area contributed by atoms with E-state index in [1.807, 2.05) is 0 Å². The Morgan fingerprint density at radius 3 is 2.48 bits per heavy atom. The Morgan fingerprint density at radius 1 is 1.15 bits per heavy atom. The monoisotopic (exact) mass is 461 g/mol. The Labute approximate surface area is 185 Å². The number of aliphatic hydroxyl groups excluding tert-OH is 1. The van der Waals surface area contributed by atoms with E-state index in [0.29, 0.717) is 30.1 Å². The van der Waals surface area contributed by atoms with Crippen molar-refractivity contribution in [3.63, 3.8) is 0 Å². The molecule has 5 N–H and O–H groups in total. The normalized spacial score (nSPS) is 16.9. The number of ether oxygens (including phenoxy) is 1. The van der Waals surface area contributed by atoms with Crippen LogP contribution in [-0.2, 0) is 11.0 Å². The van der Waals surface area contributed by atoms with Crippen molar-refractivity contribution in [2.24, 2.45) is 5.73 Å². The molecule has 3 aromatic rings. The van der Waals surface area contributed by atoms with E-state index in [2.05, 4.69) is 30.8 Å². The zero-order valence-corrected chi connectivity index (χ0v) is 16.9. The van der Waals surface area contributed by atoms with Gasteiger partial charge in [-0.25, -0.2) is 9.97 Å². The first-order valence-corrected chi connectivity index (χ1v) is 9.75. The number of aliphatic hydroxyl groups is 1. The van der Waals surface area contributed by atoms with Crippen molar-refractivity contribution < 1.29 is 27.8 Å². The molecule has 1 fully saturated rings. The Balaban J connectivity index is 1.53. The summed E-state index contributed by atoms with van der Waals surface area (Å²) in [6.07, 6.45) is -5.36. The topological polar surface area (TPSA) is 148 Å². The summed E-state index contributed by atoms with van der Waals surface area (Å²) in [6, 6.07) is 9.14. The zero-order chi connectivity index (χ0) is 23.6. The predicted octanol–water partition coefficient (Wildman–Crippen LogP) is 1.99. The number of carbonyl (C=O) groups excluding carboxylic acids is 1. The molecule has 10 nitrogen and oxygen atoms in total. The van der Waals surface area contributed by atoms with Gasteiger partial charge in [0.05, 0.1) is 5.69 Å². The molecule has 0 radical (unpaired) electrons. The van der Waals surface area contributed by atoms with E-state index in [4.69, 9.17) is 10.5 Å². The molecule has 1 aliphatic rings. The summed E-state index contributed by atoms with van der Waals surface area (Å²) in [7, 11) is 0. The quantitative estimate of drug-likeness (QED) is 0.405. The first kappa shape index (κ1) is 22.4. The number of nitrogens with zero attached hydrogens (tertiary/aromatic N) is 4. The highest BCUT2D eigenvalue weighted by Crippen LogP contribution is 2.29. The van der Waals surface area contributed by atoms with Crippen LogP contribution in [0, 0.1) is 0 Å². The van der Waals surface area contributed by atoms with Gasteiger partial charge in [-0.05, 0) is 36.8 Å². The third-order valence-electron chi connectivity index (χ3n) is 4.69.